The highest BCUT2D eigenvalue weighted by atomic mass is 16.2. The smallest absolute Gasteiger partial charge is 0.254 e. The molecular weight excluding hydrogens is 314 g/mol. The van der Waals surface area contributed by atoms with Gasteiger partial charge in [0.05, 0.1) is 5.54 Å². The van der Waals surface area contributed by atoms with Crippen molar-refractivity contribution in [1.82, 2.24) is 4.90 Å². The molecule has 1 heterocycles. The number of carbonyl (C=O) groups excluding carboxylic acids is 2. The average Bonchev–Trinajstić information content (AvgIpc) is 3.04. The van der Waals surface area contributed by atoms with Crippen molar-refractivity contribution in [2.24, 2.45) is 5.73 Å². The Kier molecular flexibility index (Phi) is 5.13. The lowest BCUT2D eigenvalue weighted by atomic mass is 9.97. The fraction of sp³-hybridized carbons (Fsp3) is 0.600. The molecule has 0 bridgehead atoms. The minimum absolute atomic E-state index is 0.0827. The third kappa shape index (κ3) is 3.71. The zero-order valence-electron chi connectivity index (χ0n) is 15.3. The van der Waals surface area contributed by atoms with E-state index in [0.717, 1.165) is 56.3 Å². The van der Waals surface area contributed by atoms with Crippen LogP contribution in [0.2, 0.25) is 0 Å². The number of rotatable bonds is 3. The van der Waals surface area contributed by atoms with Gasteiger partial charge in [-0.2, -0.15) is 0 Å². The van der Waals surface area contributed by atoms with Crippen LogP contribution in [0.25, 0.3) is 0 Å². The number of hydrogen-bond acceptors (Lipinski definition) is 3. The Bertz CT molecular complexity index is 665. The van der Waals surface area contributed by atoms with Crippen molar-refractivity contribution in [2.75, 3.05) is 11.9 Å². The first-order valence-corrected chi connectivity index (χ1v) is 9.43. The summed E-state index contributed by atoms with van der Waals surface area (Å²) < 4.78 is 0. The second-order valence-electron chi connectivity index (χ2n) is 7.69. The van der Waals surface area contributed by atoms with E-state index in [1.54, 1.807) is 0 Å². The lowest BCUT2D eigenvalue weighted by Crippen LogP contribution is -2.48. The van der Waals surface area contributed by atoms with E-state index in [1.807, 2.05) is 30.0 Å². The van der Waals surface area contributed by atoms with Gasteiger partial charge in [0.1, 0.15) is 0 Å². The standard InChI is InChI=1S/C20H29N3O2/c1-14-13-16(18(24)23-12-6-3-7-15(23)2)8-9-17(14)22-19(25)20(21)10-4-5-11-20/h8-9,13,15H,3-7,10-12,21H2,1-2H3,(H,22,25). The first-order chi connectivity index (χ1) is 11.9. The first kappa shape index (κ1) is 17.9. The Balaban J connectivity index is 1.72. The van der Waals surface area contributed by atoms with Gasteiger partial charge < -0.3 is 16.0 Å². The molecule has 3 rings (SSSR count). The summed E-state index contributed by atoms with van der Waals surface area (Å²) in [6.45, 7) is 4.86. The van der Waals surface area contributed by atoms with E-state index < -0.39 is 5.54 Å². The van der Waals surface area contributed by atoms with Crippen molar-refractivity contribution in [1.29, 1.82) is 0 Å². The van der Waals surface area contributed by atoms with Crippen molar-refractivity contribution >= 4 is 17.5 Å². The number of nitrogens with one attached hydrogen (secondary N) is 1. The number of carbonyl (C=O) groups is 2. The van der Waals surface area contributed by atoms with Crippen LogP contribution in [0.3, 0.4) is 0 Å². The van der Waals surface area contributed by atoms with Crippen LogP contribution in [0.1, 0.15) is 67.8 Å². The molecule has 0 spiro atoms. The number of nitrogens with two attached hydrogens (primary N) is 1. The molecular formula is C20H29N3O2. The number of benzene rings is 1. The Morgan fingerprint density at radius 2 is 1.92 bits per heavy atom. The maximum atomic E-state index is 12.8. The number of aryl methyl sites for hydroxylation is 1. The van der Waals surface area contributed by atoms with Gasteiger partial charge in [0.15, 0.2) is 0 Å². The number of nitrogens with zero attached hydrogens (tertiary/aromatic N) is 1. The zero-order chi connectivity index (χ0) is 18.0. The van der Waals surface area contributed by atoms with Crippen LogP contribution < -0.4 is 11.1 Å². The van der Waals surface area contributed by atoms with Crippen molar-refractivity contribution in [3.8, 4) is 0 Å². The summed E-state index contributed by atoms with van der Waals surface area (Å²) in [7, 11) is 0. The van der Waals surface area contributed by atoms with E-state index in [0.29, 0.717) is 11.6 Å². The first-order valence-electron chi connectivity index (χ1n) is 9.43. The summed E-state index contributed by atoms with van der Waals surface area (Å²) in [6.07, 6.45) is 6.81. The van der Waals surface area contributed by atoms with Gasteiger partial charge in [0.2, 0.25) is 5.91 Å². The Morgan fingerprint density at radius 1 is 1.20 bits per heavy atom. The Morgan fingerprint density at radius 3 is 2.56 bits per heavy atom. The third-order valence-electron chi connectivity index (χ3n) is 5.73. The lowest BCUT2D eigenvalue weighted by Gasteiger charge is -2.33. The highest BCUT2D eigenvalue weighted by Gasteiger charge is 2.37. The van der Waals surface area contributed by atoms with Gasteiger partial charge in [-0.3, -0.25) is 9.59 Å². The summed E-state index contributed by atoms with van der Waals surface area (Å²) in [4.78, 5) is 27.2. The van der Waals surface area contributed by atoms with Crippen LogP contribution in [0.4, 0.5) is 5.69 Å². The molecule has 1 saturated heterocycles. The second-order valence-corrected chi connectivity index (χ2v) is 7.69. The molecule has 136 valence electrons. The molecule has 2 fully saturated rings. The number of hydrogen-bond donors (Lipinski definition) is 2. The molecule has 3 N–H and O–H groups in total. The molecule has 1 aliphatic carbocycles. The van der Waals surface area contributed by atoms with Crippen molar-refractivity contribution < 1.29 is 9.59 Å². The van der Waals surface area contributed by atoms with Gasteiger partial charge in [-0.15, -0.1) is 0 Å². The summed E-state index contributed by atoms with van der Waals surface area (Å²) in [5.41, 5.74) is 7.79. The highest BCUT2D eigenvalue weighted by molar-refractivity contribution is 6.00. The van der Waals surface area contributed by atoms with Crippen LogP contribution >= 0.6 is 0 Å². The zero-order valence-corrected chi connectivity index (χ0v) is 15.3. The number of amides is 2. The largest absolute Gasteiger partial charge is 0.336 e. The molecule has 2 aliphatic rings. The van der Waals surface area contributed by atoms with Gasteiger partial charge in [0.25, 0.3) is 5.91 Å². The number of likely N-dealkylation sites (tertiary alicyclic amines) is 1. The highest BCUT2D eigenvalue weighted by Crippen LogP contribution is 2.29. The Labute approximate surface area is 150 Å². The summed E-state index contributed by atoms with van der Waals surface area (Å²) >= 11 is 0. The quantitative estimate of drug-likeness (QED) is 0.885. The van der Waals surface area contributed by atoms with Crippen LogP contribution in [-0.4, -0.2) is 34.8 Å². The van der Waals surface area contributed by atoms with E-state index in [2.05, 4.69) is 12.2 Å². The fourth-order valence-corrected chi connectivity index (χ4v) is 3.98. The molecule has 25 heavy (non-hydrogen) atoms. The van der Waals surface area contributed by atoms with Crippen molar-refractivity contribution in [2.45, 2.75) is 70.4 Å². The number of anilines is 1. The second kappa shape index (κ2) is 7.16. The van der Waals surface area contributed by atoms with Crippen molar-refractivity contribution in [3.63, 3.8) is 0 Å². The van der Waals surface area contributed by atoms with Gasteiger partial charge in [-0.05, 0) is 69.7 Å². The summed E-state index contributed by atoms with van der Waals surface area (Å²) in [6, 6.07) is 5.80. The molecule has 1 unspecified atom stereocenters. The number of piperidine rings is 1. The van der Waals surface area contributed by atoms with Gasteiger partial charge >= 0.3 is 0 Å². The predicted octanol–water partition coefficient (Wildman–Crippen LogP) is 3.22. The Hall–Kier alpha value is -1.88. The van der Waals surface area contributed by atoms with E-state index in [9.17, 15) is 9.59 Å². The SMILES string of the molecule is Cc1cc(C(=O)N2CCCCC2C)ccc1NC(=O)C1(N)CCCC1. The topological polar surface area (TPSA) is 75.4 Å². The average molecular weight is 343 g/mol. The van der Waals surface area contributed by atoms with E-state index in [4.69, 9.17) is 5.73 Å². The fourth-order valence-electron chi connectivity index (χ4n) is 3.98. The van der Waals surface area contributed by atoms with E-state index in [-0.39, 0.29) is 11.8 Å². The summed E-state index contributed by atoms with van der Waals surface area (Å²) in [5.74, 6) is -0.0314. The van der Waals surface area contributed by atoms with Crippen molar-refractivity contribution in [3.05, 3.63) is 29.3 Å². The van der Waals surface area contributed by atoms with Crippen LogP contribution in [0.15, 0.2) is 18.2 Å². The minimum Gasteiger partial charge on any atom is -0.336 e. The molecule has 1 aromatic rings. The van der Waals surface area contributed by atoms with Gasteiger partial charge in [-0.1, -0.05) is 12.8 Å². The molecule has 1 atom stereocenters. The predicted molar refractivity (Wildman–Crippen MR) is 99.5 cm³/mol. The molecule has 1 aromatic carbocycles. The summed E-state index contributed by atoms with van der Waals surface area (Å²) in [5, 5.41) is 2.96. The molecule has 5 heteroatoms. The van der Waals surface area contributed by atoms with E-state index in [1.165, 1.54) is 6.42 Å². The monoisotopic (exact) mass is 343 g/mol. The normalized spacial score (nSPS) is 22.7. The maximum absolute atomic E-state index is 12.8. The molecule has 0 aromatic heterocycles. The molecule has 1 aliphatic heterocycles. The molecule has 2 amide bonds. The lowest BCUT2D eigenvalue weighted by molar-refractivity contribution is -0.121. The van der Waals surface area contributed by atoms with Crippen LogP contribution in [-0.2, 0) is 4.79 Å². The van der Waals surface area contributed by atoms with Gasteiger partial charge in [0, 0.05) is 23.8 Å². The minimum atomic E-state index is -0.746. The third-order valence-corrected chi connectivity index (χ3v) is 5.73. The van der Waals surface area contributed by atoms with Crippen LogP contribution in [0, 0.1) is 6.92 Å². The van der Waals surface area contributed by atoms with Gasteiger partial charge in [-0.25, -0.2) is 0 Å². The molecule has 5 nitrogen and oxygen atoms in total. The maximum Gasteiger partial charge on any atom is 0.254 e. The molecule has 0 radical (unpaired) electrons. The molecule has 1 saturated carbocycles. The van der Waals surface area contributed by atoms with E-state index >= 15 is 0 Å². The van der Waals surface area contributed by atoms with Crippen LogP contribution in [0.5, 0.6) is 0 Å².